The van der Waals surface area contributed by atoms with E-state index in [0.29, 0.717) is 18.1 Å². The maximum atomic E-state index is 11.9. The van der Waals surface area contributed by atoms with Crippen LogP contribution in [-0.4, -0.2) is 22.9 Å². The summed E-state index contributed by atoms with van der Waals surface area (Å²) in [7, 11) is -1.05. The second kappa shape index (κ2) is 5.77. The smallest absolute Gasteiger partial charge is 0.211 e. The van der Waals surface area contributed by atoms with Crippen molar-refractivity contribution in [2.24, 2.45) is 0 Å². The number of fused-ring (bicyclic) bond motifs is 1. The molecule has 1 aliphatic heterocycles. The van der Waals surface area contributed by atoms with Crippen LogP contribution in [0.3, 0.4) is 0 Å². The standard InChI is InChI=1S/C16H16O3S/c1-2-18-16-11-20(17)10-15(19-16)14-8-7-12-5-3-4-6-13(12)9-14/h3-10,16H,2,11H2,1H3/t16-,20?/m1/s1. The fourth-order valence-electron chi connectivity index (χ4n) is 2.25. The van der Waals surface area contributed by atoms with E-state index in [0.717, 1.165) is 10.9 Å². The van der Waals surface area contributed by atoms with E-state index in [1.54, 1.807) is 5.41 Å². The second-order valence-electron chi connectivity index (χ2n) is 4.59. The quantitative estimate of drug-likeness (QED) is 0.869. The van der Waals surface area contributed by atoms with Gasteiger partial charge in [0.2, 0.25) is 6.29 Å². The minimum Gasteiger partial charge on any atom is -0.463 e. The Morgan fingerprint density at radius 2 is 2.05 bits per heavy atom. The SMILES string of the molecule is CCO[C@H]1CS(=O)C=C(c2ccc3ccccc3c2)O1. The van der Waals surface area contributed by atoms with Crippen molar-refractivity contribution in [2.45, 2.75) is 13.2 Å². The molecule has 4 heteroatoms. The van der Waals surface area contributed by atoms with E-state index in [2.05, 4.69) is 12.1 Å². The van der Waals surface area contributed by atoms with Gasteiger partial charge < -0.3 is 9.47 Å². The summed E-state index contributed by atoms with van der Waals surface area (Å²) in [6, 6.07) is 14.2. The molecule has 20 heavy (non-hydrogen) atoms. The first-order valence-electron chi connectivity index (χ1n) is 6.62. The molecule has 0 saturated carbocycles. The Morgan fingerprint density at radius 3 is 2.85 bits per heavy atom. The monoisotopic (exact) mass is 288 g/mol. The molecule has 1 aliphatic rings. The average Bonchev–Trinajstić information content (AvgIpc) is 2.46. The second-order valence-corrected chi connectivity index (χ2v) is 5.92. The zero-order chi connectivity index (χ0) is 13.9. The summed E-state index contributed by atoms with van der Waals surface area (Å²) in [4.78, 5) is 0. The highest BCUT2D eigenvalue weighted by Crippen LogP contribution is 2.26. The molecule has 1 heterocycles. The van der Waals surface area contributed by atoms with Crippen LogP contribution in [-0.2, 0) is 20.3 Å². The van der Waals surface area contributed by atoms with Gasteiger partial charge >= 0.3 is 0 Å². The van der Waals surface area contributed by atoms with Crippen LogP contribution in [0.15, 0.2) is 47.9 Å². The molecule has 3 nitrogen and oxygen atoms in total. The van der Waals surface area contributed by atoms with Gasteiger partial charge in [-0.05, 0) is 23.8 Å². The lowest BCUT2D eigenvalue weighted by Crippen LogP contribution is -2.26. The van der Waals surface area contributed by atoms with Crippen LogP contribution in [0.2, 0.25) is 0 Å². The largest absolute Gasteiger partial charge is 0.463 e. The van der Waals surface area contributed by atoms with Crippen LogP contribution in [0.5, 0.6) is 0 Å². The highest BCUT2D eigenvalue weighted by molar-refractivity contribution is 7.88. The van der Waals surface area contributed by atoms with Gasteiger partial charge in [0.05, 0.1) is 16.6 Å². The molecule has 0 amide bonds. The van der Waals surface area contributed by atoms with E-state index < -0.39 is 17.1 Å². The van der Waals surface area contributed by atoms with Crippen LogP contribution < -0.4 is 0 Å². The minimum atomic E-state index is -1.05. The average molecular weight is 288 g/mol. The molecule has 0 radical (unpaired) electrons. The molecule has 0 spiro atoms. The zero-order valence-electron chi connectivity index (χ0n) is 11.2. The molecular weight excluding hydrogens is 272 g/mol. The predicted molar refractivity (Wildman–Crippen MR) is 81.4 cm³/mol. The summed E-state index contributed by atoms with van der Waals surface area (Å²) in [6.07, 6.45) is -0.424. The third-order valence-electron chi connectivity index (χ3n) is 3.18. The van der Waals surface area contributed by atoms with Crippen molar-refractivity contribution in [2.75, 3.05) is 12.4 Å². The van der Waals surface area contributed by atoms with Gasteiger partial charge in [-0.1, -0.05) is 36.4 Å². The first kappa shape index (κ1) is 13.3. The molecule has 2 aromatic rings. The van der Waals surface area contributed by atoms with E-state index in [1.807, 2.05) is 37.3 Å². The van der Waals surface area contributed by atoms with Crippen molar-refractivity contribution >= 4 is 27.3 Å². The fourth-order valence-corrected chi connectivity index (χ4v) is 3.21. The highest BCUT2D eigenvalue weighted by Gasteiger charge is 2.22. The van der Waals surface area contributed by atoms with Crippen LogP contribution in [0, 0.1) is 0 Å². The summed E-state index contributed by atoms with van der Waals surface area (Å²) in [5.41, 5.74) is 0.932. The van der Waals surface area contributed by atoms with Gasteiger partial charge in [0.15, 0.2) is 0 Å². The van der Waals surface area contributed by atoms with Crippen molar-refractivity contribution in [1.82, 2.24) is 0 Å². The van der Waals surface area contributed by atoms with Crippen molar-refractivity contribution in [3.05, 3.63) is 53.4 Å². The van der Waals surface area contributed by atoms with Crippen molar-refractivity contribution < 1.29 is 13.7 Å². The van der Waals surface area contributed by atoms with Crippen LogP contribution in [0.25, 0.3) is 16.5 Å². The molecule has 104 valence electrons. The van der Waals surface area contributed by atoms with Crippen LogP contribution >= 0.6 is 0 Å². The molecule has 0 bridgehead atoms. The lowest BCUT2D eigenvalue weighted by atomic mass is 10.1. The molecule has 1 unspecified atom stereocenters. The molecule has 0 fully saturated rings. The highest BCUT2D eigenvalue weighted by atomic mass is 32.2. The van der Waals surface area contributed by atoms with Crippen molar-refractivity contribution in [1.29, 1.82) is 0 Å². The molecule has 0 aliphatic carbocycles. The molecule has 0 saturated heterocycles. The number of benzene rings is 2. The molecule has 0 N–H and O–H groups in total. The van der Waals surface area contributed by atoms with Crippen LogP contribution in [0.1, 0.15) is 12.5 Å². The van der Waals surface area contributed by atoms with Crippen molar-refractivity contribution in [3.8, 4) is 0 Å². The maximum Gasteiger partial charge on any atom is 0.211 e. The zero-order valence-corrected chi connectivity index (χ0v) is 12.1. The summed E-state index contributed by atoms with van der Waals surface area (Å²) in [5, 5.41) is 3.98. The number of ether oxygens (including phenoxy) is 2. The lowest BCUT2D eigenvalue weighted by Gasteiger charge is -2.24. The summed E-state index contributed by atoms with van der Waals surface area (Å²) >= 11 is 0. The molecule has 0 aromatic heterocycles. The molecular formula is C16H16O3S. The van der Waals surface area contributed by atoms with E-state index >= 15 is 0 Å². The van der Waals surface area contributed by atoms with Gasteiger partial charge in [-0.15, -0.1) is 0 Å². The number of hydrogen-bond donors (Lipinski definition) is 0. The van der Waals surface area contributed by atoms with Gasteiger partial charge in [0.25, 0.3) is 0 Å². The maximum absolute atomic E-state index is 11.9. The minimum absolute atomic E-state index is 0.394. The first-order valence-corrected chi connectivity index (χ1v) is 8.01. The summed E-state index contributed by atoms with van der Waals surface area (Å²) in [6.45, 7) is 2.45. The van der Waals surface area contributed by atoms with Gasteiger partial charge in [0.1, 0.15) is 5.76 Å². The topological polar surface area (TPSA) is 35.5 Å². The third kappa shape index (κ3) is 2.76. The normalized spacial score (nSPS) is 22.4. The van der Waals surface area contributed by atoms with E-state index in [9.17, 15) is 4.21 Å². The molecule has 3 rings (SSSR count). The molecule has 2 atom stereocenters. The van der Waals surface area contributed by atoms with Crippen LogP contribution in [0.4, 0.5) is 0 Å². The fraction of sp³-hybridized carbons (Fsp3) is 0.250. The van der Waals surface area contributed by atoms with E-state index in [1.165, 1.54) is 5.39 Å². The Balaban J connectivity index is 1.95. The Labute approximate surface area is 120 Å². The predicted octanol–water partition coefficient (Wildman–Crippen LogP) is 3.28. The van der Waals surface area contributed by atoms with E-state index in [-0.39, 0.29) is 0 Å². The summed E-state index contributed by atoms with van der Waals surface area (Å²) < 4.78 is 23.1. The first-order chi connectivity index (χ1) is 9.76. The number of rotatable bonds is 3. The van der Waals surface area contributed by atoms with Gasteiger partial charge in [-0.25, -0.2) is 0 Å². The Morgan fingerprint density at radius 1 is 1.25 bits per heavy atom. The van der Waals surface area contributed by atoms with Crippen molar-refractivity contribution in [3.63, 3.8) is 0 Å². The third-order valence-corrected chi connectivity index (χ3v) is 4.26. The van der Waals surface area contributed by atoms with E-state index in [4.69, 9.17) is 9.47 Å². The van der Waals surface area contributed by atoms with Gasteiger partial charge in [-0.2, -0.15) is 0 Å². The Hall–Kier alpha value is -1.65. The van der Waals surface area contributed by atoms with Gasteiger partial charge in [-0.3, -0.25) is 4.21 Å². The Bertz CT molecular complexity index is 678. The lowest BCUT2D eigenvalue weighted by molar-refractivity contribution is -0.0765. The summed E-state index contributed by atoms with van der Waals surface area (Å²) in [5.74, 6) is 1.03. The Kier molecular flexibility index (Phi) is 3.85. The van der Waals surface area contributed by atoms with Gasteiger partial charge in [0, 0.05) is 17.6 Å². The molecule has 2 aromatic carbocycles. The number of hydrogen-bond acceptors (Lipinski definition) is 3.